The molecule has 0 saturated carbocycles. The van der Waals surface area contributed by atoms with Gasteiger partial charge in [0.2, 0.25) is 0 Å². The lowest BCUT2D eigenvalue weighted by atomic mass is 10.1. The highest BCUT2D eigenvalue weighted by atomic mass is 14.3. The summed E-state index contributed by atoms with van der Waals surface area (Å²) in [4.78, 5) is 0. The van der Waals surface area contributed by atoms with Crippen molar-refractivity contribution in [2.75, 3.05) is 0 Å². The molecule has 0 radical (unpaired) electrons. The van der Waals surface area contributed by atoms with E-state index in [1.807, 2.05) is 0 Å². The van der Waals surface area contributed by atoms with E-state index in [1.165, 1.54) is 0 Å². The van der Waals surface area contributed by atoms with Gasteiger partial charge >= 0.3 is 0 Å². The lowest BCUT2D eigenvalue weighted by molar-refractivity contribution is 0.722. The minimum atomic E-state index is 0.472. The normalized spacial score (nSPS) is 36.6. The van der Waals surface area contributed by atoms with Crippen molar-refractivity contribution >= 4 is 0 Å². The lowest BCUT2D eigenvalue weighted by Gasteiger charge is -1.96. The second kappa shape index (κ2) is 1.48. The van der Waals surface area contributed by atoms with Crippen molar-refractivity contribution in [2.24, 2.45) is 11.8 Å². The first-order valence-electron chi connectivity index (χ1n) is 3.20. The predicted octanol–water partition coefficient (Wildman–Crippen LogP) is 1.64. The van der Waals surface area contributed by atoms with Gasteiger partial charge in [0, 0.05) is 11.5 Å². The van der Waals surface area contributed by atoms with Gasteiger partial charge in [-0.1, -0.05) is 18.2 Å². The van der Waals surface area contributed by atoms with E-state index >= 15 is 0 Å². The molecule has 9 heavy (non-hydrogen) atoms. The quantitative estimate of drug-likeness (QED) is 0.442. The van der Waals surface area contributed by atoms with Gasteiger partial charge in [-0.05, 0) is 12.3 Å². The second-order valence-corrected chi connectivity index (χ2v) is 2.62. The summed E-state index contributed by atoms with van der Waals surface area (Å²) >= 11 is 0. The third-order valence-electron chi connectivity index (χ3n) is 2.04. The van der Waals surface area contributed by atoms with Crippen LogP contribution in [0.2, 0.25) is 0 Å². The fourth-order valence-electron chi connectivity index (χ4n) is 1.56. The molecule has 1 heteroatoms. The first kappa shape index (κ1) is 4.81. The van der Waals surface area contributed by atoms with Crippen LogP contribution in [-0.2, 0) is 0 Å². The average molecular weight is 117 g/mol. The molecule has 0 heterocycles. The molecule has 0 spiro atoms. The van der Waals surface area contributed by atoms with Crippen molar-refractivity contribution in [1.29, 1.82) is 5.26 Å². The van der Waals surface area contributed by atoms with Gasteiger partial charge in [0.15, 0.2) is 0 Å². The summed E-state index contributed by atoms with van der Waals surface area (Å²) in [7, 11) is 0. The van der Waals surface area contributed by atoms with Crippen LogP contribution in [0, 0.1) is 23.2 Å². The summed E-state index contributed by atoms with van der Waals surface area (Å²) in [5.74, 6) is 1.06. The van der Waals surface area contributed by atoms with Crippen molar-refractivity contribution < 1.29 is 0 Å². The molecule has 1 nitrogen and oxygen atoms in total. The van der Waals surface area contributed by atoms with Gasteiger partial charge in [-0.25, -0.2) is 0 Å². The van der Waals surface area contributed by atoms with Crippen molar-refractivity contribution in [3.8, 4) is 6.07 Å². The molecular formula is C8H7N. The Morgan fingerprint density at radius 2 is 2.44 bits per heavy atom. The fourth-order valence-corrected chi connectivity index (χ4v) is 1.56. The lowest BCUT2D eigenvalue weighted by Crippen LogP contribution is -1.88. The summed E-state index contributed by atoms with van der Waals surface area (Å²) in [6.45, 7) is 0. The van der Waals surface area contributed by atoms with Gasteiger partial charge < -0.3 is 0 Å². The first-order valence-corrected chi connectivity index (χ1v) is 3.20. The zero-order chi connectivity index (χ0) is 6.27. The molecule has 2 bridgehead atoms. The highest BCUT2D eigenvalue weighted by Crippen LogP contribution is 2.37. The molecule has 0 aromatic carbocycles. The molecule has 0 N–H and O–H groups in total. The predicted molar refractivity (Wildman–Crippen MR) is 34.4 cm³/mol. The third-order valence-corrected chi connectivity index (χ3v) is 2.04. The first-order chi connectivity index (χ1) is 4.40. The van der Waals surface area contributed by atoms with Crippen LogP contribution in [0.15, 0.2) is 23.8 Å². The minimum Gasteiger partial charge on any atom is -0.193 e. The monoisotopic (exact) mass is 117 g/mol. The smallest absolute Gasteiger partial charge is 0.0950 e. The zero-order valence-corrected chi connectivity index (χ0v) is 5.04. The molecule has 0 amide bonds. The van der Waals surface area contributed by atoms with Crippen LogP contribution in [-0.4, -0.2) is 0 Å². The average Bonchev–Trinajstić information content (AvgIpc) is 2.45. The van der Waals surface area contributed by atoms with E-state index in [1.54, 1.807) is 0 Å². The van der Waals surface area contributed by atoms with Gasteiger partial charge in [0.25, 0.3) is 0 Å². The molecule has 0 saturated heterocycles. The minimum absolute atomic E-state index is 0.472. The highest BCUT2D eigenvalue weighted by Gasteiger charge is 2.27. The Morgan fingerprint density at radius 1 is 1.56 bits per heavy atom. The highest BCUT2D eigenvalue weighted by molar-refractivity contribution is 5.38. The molecule has 0 fully saturated rings. The summed E-state index contributed by atoms with van der Waals surface area (Å²) in [5.41, 5.74) is 0.975. The van der Waals surface area contributed by atoms with Crippen LogP contribution < -0.4 is 0 Å². The van der Waals surface area contributed by atoms with Crippen LogP contribution in [0.3, 0.4) is 0 Å². The maximum atomic E-state index is 8.54. The summed E-state index contributed by atoms with van der Waals surface area (Å²) < 4.78 is 0. The molecule has 2 atom stereocenters. The number of nitrogens with zero attached hydrogens (tertiary/aromatic N) is 1. The molecule has 2 unspecified atom stereocenters. The van der Waals surface area contributed by atoms with Gasteiger partial charge in [-0.2, -0.15) is 5.26 Å². The molecule has 44 valence electrons. The Balaban J connectivity index is 2.35. The van der Waals surface area contributed by atoms with Crippen LogP contribution in [0.25, 0.3) is 0 Å². The van der Waals surface area contributed by atoms with Gasteiger partial charge in [0.05, 0.1) is 6.07 Å². The van der Waals surface area contributed by atoms with Crippen molar-refractivity contribution in [1.82, 2.24) is 0 Å². The Bertz CT molecular complexity index is 229. The van der Waals surface area contributed by atoms with Crippen molar-refractivity contribution in [3.63, 3.8) is 0 Å². The third kappa shape index (κ3) is 0.533. The van der Waals surface area contributed by atoms with E-state index in [-0.39, 0.29) is 0 Å². The number of rotatable bonds is 0. The maximum Gasteiger partial charge on any atom is 0.0950 e. The number of hydrogen-bond donors (Lipinski definition) is 0. The molecule has 0 aromatic heterocycles. The van der Waals surface area contributed by atoms with Gasteiger partial charge in [-0.3, -0.25) is 0 Å². The summed E-state index contributed by atoms with van der Waals surface area (Å²) in [6.07, 6.45) is 7.56. The van der Waals surface area contributed by atoms with E-state index in [4.69, 9.17) is 5.26 Å². The number of allylic oxidation sites excluding steroid dienone is 4. The van der Waals surface area contributed by atoms with Crippen LogP contribution in [0.5, 0.6) is 0 Å². The summed E-state index contributed by atoms with van der Waals surface area (Å²) in [5, 5.41) is 8.54. The number of hydrogen-bond acceptors (Lipinski definition) is 1. The van der Waals surface area contributed by atoms with Crippen LogP contribution in [0.4, 0.5) is 0 Å². The SMILES string of the molecule is N#CC1=CC2C=CC1C2. The Hall–Kier alpha value is -1.03. The molecule has 2 aliphatic carbocycles. The molecule has 2 aliphatic rings. The van der Waals surface area contributed by atoms with E-state index < -0.39 is 0 Å². The Labute approximate surface area is 54.3 Å². The van der Waals surface area contributed by atoms with Crippen molar-refractivity contribution in [3.05, 3.63) is 23.8 Å². The fraction of sp³-hybridized carbons (Fsp3) is 0.375. The van der Waals surface area contributed by atoms with Gasteiger partial charge in [-0.15, -0.1) is 0 Å². The molecular weight excluding hydrogens is 110 g/mol. The van der Waals surface area contributed by atoms with E-state index in [2.05, 4.69) is 24.3 Å². The summed E-state index contributed by atoms with van der Waals surface area (Å²) in [6, 6.07) is 2.21. The van der Waals surface area contributed by atoms with Gasteiger partial charge in [0.1, 0.15) is 0 Å². The zero-order valence-electron chi connectivity index (χ0n) is 5.04. The van der Waals surface area contributed by atoms with E-state index in [0.717, 1.165) is 12.0 Å². The second-order valence-electron chi connectivity index (χ2n) is 2.62. The van der Waals surface area contributed by atoms with E-state index in [9.17, 15) is 0 Å². The Kier molecular flexibility index (Phi) is 0.790. The van der Waals surface area contributed by atoms with Crippen molar-refractivity contribution in [2.45, 2.75) is 6.42 Å². The number of nitriles is 1. The van der Waals surface area contributed by atoms with Crippen LogP contribution >= 0.6 is 0 Å². The largest absolute Gasteiger partial charge is 0.193 e. The molecule has 0 aromatic rings. The maximum absolute atomic E-state index is 8.54. The van der Waals surface area contributed by atoms with Crippen LogP contribution in [0.1, 0.15) is 6.42 Å². The molecule has 2 rings (SSSR count). The Morgan fingerprint density at radius 3 is 2.78 bits per heavy atom. The topological polar surface area (TPSA) is 23.8 Å². The van der Waals surface area contributed by atoms with E-state index in [0.29, 0.717) is 11.8 Å². The molecule has 0 aliphatic heterocycles. The standard InChI is InChI=1S/C8H7N/c9-5-8-4-6-1-2-7(8)3-6/h1-2,4,6-7H,3H2. The number of fused-ring (bicyclic) bond motifs is 2.